The molecule has 2 aliphatic heterocycles. The van der Waals surface area contributed by atoms with Gasteiger partial charge in [0.1, 0.15) is 17.5 Å². The van der Waals surface area contributed by atoms with Gasteiger partial charge in [0.2, 0.25) is 11.9 Å². The van der Waals surface area contributed by atoms with Gasteiger partial charge >= 0.3 is 0 Å². The average Bonchev–Trinajstić information content (AvgIpc) is 3.24. The number of rotatable bonds is 10. The molecular weight excluding hydrogens is 803 g/mol. The molecule has 2 aliphatic rings. The van der Waals surface area contributed by atoms with Gasteiger partial charge in [-0.2, -0.15) is 4.98 Å². The predicted octanol–water partition coefficient (Wildman–Crippen LogP) is 8.74. The maximum atomic E-state index is 13.5. The second kappa shape index (κ2) is 19.9. The van der Waals surface area contributed by atoms with Crippen LogP contribution in [0.2, 0.25) is 10.0 Å². The van der Waals surface area contributed by atoms with Crippen molar-refractivity contribution in [2.75, 3.05) is 82.8 Å². The first-order valence-electron chi connectivity index (χ1n) is 19.9. The number of likely N-dealkylation sites (N-methyl/N-ethyl adjacent to an activating group) is 2. The fourth-order valence-corrected chi connectivity index (χ4v) is 7.30. The molecule has 4 aromatic carbocycles. The Balaban J connectivity index is 0.000000181. The average molecular weight is 853 g/mol. The third-order valence-corrected chi connectivity index (χ3v) is 11.1. The molecule has 0 saturated carbocycles. The highest BCUT2D eigenvalue weighted by atomic mass is 35.5. The number of aromatic nitrogens is 4. The minimum Gasteiger partial charge on any atom is -0.384 e. The quantitative estimate of drug-likeness (QED) is 0.123. The van der Waals surface area contributed by atoms with E-state index in [1.54, 1.807) is 30.5 Å². The standard InChI is InChI=1S/C23H25ClFN5.C22H24ClFN6/c1-16-14-26-23(28-22(16)18-5-8-21(25)20(24)13-18)27-19-6-3-17(4-7-19)15-30-11-9-29(2)10-12-30;1-29-8-10-30(11-9-29)14-15-2-5-17(6-3-15)26-22-27-20(13-21(25)28-22)16-4-7-19(24)18(23)12-16/h3-8,13-14H,9-12,15H2,1-2H3,(H,26,27,28);2-7,12-13H,8-11,14H2,1H3,(H3,25,26,27,28). The van der Waals surface area contributed by atoms with Crippen molar-refractivity contribution in [2.24, 2.45) is 0 Å². The molecule has 60 heavy (non-hydrogen) atoms. The molecule has 8 rings (SSSR count). The van der Waals surface area contributed by atoms with E-state index >= 15 is 0 Å². The normalized spacial score (nSPS) is 15.3. The summed E-state index contributed by atoms with van der Waals surface area (Å²) in [6.45, 7) is 12.6. The number of nitrogens with two attached hydrogens (primary N) is 1. The Kier molecular flexibility index (Phi) is 14.2. The Bertz CT molecular complexity index is 2370. The van der Waals surface area contributed by atoms with Crippen molar-refractivity contribution in [3.8, 4) is 22.5 Å². The number of benzene rings is 4. The molecule has 2 saturated heterocycles. The summed E-state index contributed by atoms with van der Waals surface area (Å²) in [7, 11) is 4.33. The lowest BCUT2D eigenvalue weighted by molar-refractivity contribution is 0.148. The van der Waals surface area contributed by atoms with Crippen molar-refractivity contribution >= 4 is 52.3 Å². The van der Waals surface area contributed by atoms with Gasteiger partial charge in [0.25, 0.3) is 0 Å². The molecule has 15 heteroatoms. The van der Waals surface area contributed by atoms with Gasteiger partial charge in [0.15, 0.2) is 0 Å². The Labute approximate surface area is 360 Å². The van der Waals surface area contributed by atoms with Gasteiger partial charge in [0.05, 0.1) is 21.4 Å². The summed E-state index contributed by atoms with van der Waals surface area (Å²) in [5.41, 5.74) is 13.9. The van der Waals surface area contributed by atoms with Crippen LogP contribution in [0, 0.1) is 18.6 Å². The van der Waals surface area contributed by atoms with Crippen molar-refractivity contribution in [1.82, 2.24) is 39.5 Å². The number of nitrogen functional groups attached to an aromatic ring is 1. The van der Waals surface area contributed by atoms with Crippen LogP contribution in [0.4, 0.5) is 37.9 Å². The highest BCUT2D eigenvalue weighted by Crippen LogP contribution is 2.28. The van der Waals surface area contributed by atoms with Crippen molar-refractivity contribution < 1.29 is 8.78 Å². The zero-order chi connectivity index (χ0) is 42.2. The van der Waals surface area contributed by atoms with Crippen LogP contribution in [-0.4, -0.2) is 106 Å². The van der Waals surface area contributed by atoms with E-state index in [2.05, 4.69) is 88.5 Å². The Hall–Kier alpha value is -5.28. The van der Waals surface area contributed by atoms with Crippen LogP contribution in [0.1, 0.15) is 16.7 Å². The topological polar surface area (TPSA) is 115 Å². The van der Waals surface area contributed by atoms with Crippen LogP contribution in [0.3, 0.4) is 0 Å². The van der Waals surface area contributed by atoms with Gasteiger partial charge in [0, 0.05) is 100 Å². The lowest BCUT2D eigenvalue weighted by atomic mass is 10.1. The molecule has 0 amide bonds. The molecule has 6 aromatic rings. The molecule has 0 unspecified atom stereocenters. The number of nitrogens with one attached hydrogen (secondary N) is 2. The number of aryl methyl sites for hydroxylation is 1. The summed E-state index contributed by atoms with van der Waals surface area (Å²) in [6.07, 6.45) is 1.75. The van der Waals surface area contributed by atoms with E-state index in [1.807, 2.05) is 31.2 Å². The Morgan fingerprint density at radius 3 is 1.60 bits per heavy atom. The van der Waals surface area contributed by atoms with Crippen molar-refractivity contribution in [3.63, 3.8) is 0 Å². The van der Waals surface area contributed by atoms with Crippen LogP contribution in [-0.2, 0) is 13.1 Å². The number of anilines is 5. The van der Waals surface area contributed by atoms with Gasteiger partial charge < -0.3 is 26.2 Å². The van der Waals surface area contributed by atoms with Crippen LogP contribution >= 0.6 is 23.2 Å². The highest BCUT2D eigenvalue weighted by molar-refractivity contribution is 6.31. The van der Waals surface area contributed by atoms with E-state index in [-0.39, 0.29) is 10.0 Å². The van der Waals surface area contributed by atoms with Crippen molar-refractivity contribution in [3.05, 3.63) is 136 Å². The van der Waals surface area contributed by atoms with Crippen molar-refractivity contribution in [1.29, 1.82) is 0 Å². The second-order valence-corrected chi connectivity index (χ2v) is 16.1. The van der Waals surface area contributed by atoms with Gasteiger partial charge in [-0.1, -0.05) is 47.5 Å². The molecule has 0 aliphatic carbocycles. The molecule has 11 nitrogen and oxygen atoms in total. The molecule has 2 fully saturated rings. The summed E-state index contributed by atoms with van der Waals surface area (Å²) < 4.78 is 26.9. The van der Waals surface area contributed by atoms with Crippen molar-refractivity contribution in [2.45, 2.75) is 20.0 Å². The Morgan fingerprint density at radius 2 is 1.08 bits per heavy atom. The minimum atomic E-state index is -0.475. The van der Waals surface area contributed by atoms with Gasteiger partial charge in [-0.25, -0.2) is 23.7 Å². The fraction of sp³-hybridized carbons (Fsp3) is 0.289. The van der Waals surface area contributed by atoms with Crippen LogP contribution in [0.15, 0.2) is 97.2 Å². The molecule has 312 valence electrons. The number of hydrogen-bond donors (Lipinski definition) is 3. The lowest BCUT2D eigenvalue weighted by Crippen LogP contribution is -2.43. The molecule has 0 atom stereocenters. The Morgan fingerprint density at radius 1 is 0.600 bits per heavy atom. The molecule has 4 N–H and O–H groups in total. The van der Waals surface area contributed by atoms with Crippen LogP contribution in [0.5, 0.6) is 0 Å². The molecular formula is C45H49Cl2F2N11. The SMILES string of the molecule is CN1CCN(Cc2ccc(Nc3nc(N)cc(-c4ccc(F)c(Cl)c4)n3)cc2)CC1.Cc1cnc(Nc2ccc(CN3CCN(C)CC3)cc2)nc1-c1ccc(F)c(Cl)c1. The number of piperazine rings is 2. The lowest BCUT2D eigenvalue weighted by Gasteiger charge is -2.32. The van der Waals surface area contributed by atoms with Crippen LogP contribution in [0.25, 0.3) is 22.5 Å². The van der Waals surface area contributed by atoms with E-state index in [1.165, 1.54) is 29.3 Å². The second-order valence-electron chi connectivity index (χ2n) is 15.3. The molecule has 2 aromatic heterocycles. The summed E-state index contributed by atoms with van der Waals surface area (Å²) in [4.78, 5) is 27.4. The zero-order valence-electron chi connectivity index (χ0n) is 34.0. The van der Waals surface area contributed by atoms with Gasteiger partial charge in [-0.05, 0) is 98.4 Å². The maximum Gasteiger partial charge on any atom is 0.229 e. The fourth-order valence-electron chi connectivity index (χ4n) is 6.94. The molecule has 0 radical (unpaired) electrons. The first-order chi connectivity index (χ1) is 28.9. The summed E-state index contributed by atoms with van der Waals surface area (Å²) in [5.74, 6) is 0.259. The van der Waals surface area contributed by atoms with Crippen LogP contribution < -0.4 is 16.4 Å². The largest absolute Gasteiger partial charge is 0.384 e. The number of nitrogens with zero attached hydrogens (tertiary/aromatic N) is 8. The molecule has 4 heterocycles. The summed E-state index contributed by atoms with van der Waals surface area (Å²) in [5, 5.41) is 6.56. The van der Waals surface area contributed by atoms with E-state index < -0.39 is 11.6 Å². The third-order valence-electron chi connectivity index (χ3n) is 10.6. The van der Waals surface area contributed by atoms with E-state index in [0.717, 1.165) is 93.6 Å². The summed E-state index contributed by atoms with van der Waals surface area (Å²) in [6, 6.07) is 27.3. The predicted molar refractivity (Wildman–Crippen MR) is 239 cm³/mol. The van der Waals surface area contributed by atoms with E-state index in [9.17, 15) is 8.78 Å². The molecule has 0 bridgehead atoms. The zero-order valence-corrected chi connectivity index (χ0v) is 35.5. The first kappa shape index (κ1) is 42.8. The van der Waals surface area contributed by atoms with Gasteiger partial charge in [-0.15, -0.1) is 0 Å². The monoisotopic (exact) mass is 851 g/mol. The number of hydrogen-bond acceptors (Lipinski definition) is 11. The maximum absolute atomic E-state index is 13.5. The van der Waals surface area contributed by atoms with E-state index in [4.69, 9.17) is 28.9 Å². The van der Waals surface area contributed by atoms with Gasteiger partial charge in [-0.3, -0.25) is 9.80 Å². The third kappa shape index (κ3) is 11.7. The van der Waals surface area contributed by atoms with E-state index in [0.29, 0.717) is 29.0 Å². The first-order valence-corrected chi connectivity index (χ1v) is 20.6. The summed E-state index contributed by atoms with van der Waals surface area (Å²) >= 11 is 11.8. The smallest absolute Gasteiger partial charge is 0.229 e. The highest BCUT2D eigenvalue weighted by Gasteiger charge is 2.16. The number of halogens is 4. The minimum absolute atomic E-state index is 0.0372. The molecule has 0 spiro atoms.